The van der Waals surface area contributed by atoms with Crippen LogP contribution in [0.5, 0.6) is 0 Å². The van der Waals surface area contributed by atoms with Gasteiger partial charge in [0.1, 0.15) is 5.65 Å². The normalized spacial score (nSPS) is 10.4. The van der Waals surface area contributed by atoms with Gasteiger partial charge in [-0.15, -0.1) is 0 Å². The zero-order valence-corrected chi connectivity index (χ0v) is 10.1. The van der Waals surface area contributed by atoms with Gasteiger partial charge in [0.2, 0.25) is 0 Å². The Morgan fingerprint density at radius 1 is 1.22 bits per heavy atom. The lowest BCUT2D eigenvalue weighted by Gasteiger charge is -1.99. The van der Waals surface area contributed by atoms with Crippen LogP contribution in [0.4, 0.5) is 0 Å². The highest BCUT2D eigenvalue weighted by Crippen LogP contribution is 2.29. The molecule has 4 heteroatoms. The first-order valence-corrected chi connectivity index (χ1v) is 5.79. The van der Waals surface area contributed by atoms with Crippen LogP contribution in [-0.4, -0.2) is 9.97 Å². The molecule has 0 unspecified atom stereocenters. The van der Waals surface area contributed by atoms with Gasteiger partial charge in [0.05, 0.1) is 16.7 Å². The predicted molar refractivity (Wildman–Crippen MR) is 71.3 cm³/mol. The van der Waals surface area contributed by atoms with Crippen molar-refractivity contribution in [3.63, 3.8) is 0 Å². The third-order valence-electron chi connectivity index (χ3n) is 2.82. The molecule has 86 valence electrons. The molecule has 2 aromatic heterocycles. The molecule has 0 spiro atoms. The standard InChI is InChI=1S/C14H8ClN3/c15-11-5-12-13(8-18-14(12)17-7-11)10-3-1-9(6-16)2-4-10/h1-5,7-8H,(H,17,18). The van der Waals surface area contributed by atoms with Gasteiger partial charge in [0.15, 0.2) is 0 Å². The molecule has 0 radical (unpaired) electrons. The molecule has 0 aliphatic rings. The maximum absolute atomic E-state index is 8.78. The topological polar surface area (TPSA) is 52.5 Å². The second-order valence-electron chi connectivity index (χ2n) is 3.94. The molecule has 0 aliphatic carbocycles. The highest BCUT2D eigenvalue weighted by atomic mass is 35.5. The molecular weight excluding hydrogens is 246 g/mol. The average Bonchev–Trinajstić information content (AvgIpc) is 2.82. The summed E-state index contributed by atoms with van der Waals surface area (Å²) in [6.07, 6.45) is 3.51. The monoisotopic (exact) mass is 253 g/mol. The van der Waals surface area contributed by atoms with Crippen molar-refractivity contribution in [1.29, 1.82) is 5.26 Å². The fourth-order valence-corrected chi connectivity index (χ4v) is 2.10. The van der Waals surface area contributed by atoms with E-state index in [1.165, 1.54) is 0 Å². The fraction of sp³-hybridized carbons (Fsp3) is 0. The number of hydrogen-bond donors (Lipinski definition) is 1. The van der Waals surface area contributed by atoms with Gasteiger partial charge in [-0.1, -0.05) is 23.7 Å². The smallest absolute Gasteiger partial charge is 0.137 e. The molecule has 0 amide bonds. The lowest BCUT2D eigenvalue weighted by molar-refractivity contribution is 1.33. The van der Waals surface area contributed by atoms with Gasteiger partial charge >= 0.3 is 0 Å². The first kappa shape index (κ1) is 10.8. The number of nitriles is 1. The van der Waals surface area contributed by atoms with Crippen LogP contribution in [0.3, 0.4) is 0 Å². The summed E-state index contributed by atoms with van der Waals surface area (Å²) < 4.78 is 0. The van der Waals surface area contributed by atoms with Crippen molar-refractivity contribution in [3.8, 4) is 17.2 Å². The van der Waals surface area contributed by atoms with E-state index in [0.717, 1.165) is 22.2 Å². The van der Waals surface area contributed by atoms with E-state index in [2.05, 4.69) is 16.0 Å². The number of fused-ring (bicyclic) bond motifs is 1. The van der Waals surface area contributed by atoms with Crippen LogP contribution >= 0.6 is 11.6 Å². The molecule has 3 nitrogen and oxygen atoms in total. The van der Waals surface area contributed by atoms with Gasteiger partial charge in [-0.2, -0.15) is 5.26 Å². The number of benzene rings is 1. The Bertz CT molecular complexity index is 751. The zero-order chi connectivity index (χ0) is 12.5. The van der Waals surface area contributed by atoms with E-state index >= 15 is 0 Å². The van der Waals surface area contributed by atoms with E-state index in [4.69, 9.17) is 16.9 Å². The maximum atomic E-state index is 8.78. The Balaban J connectivity index is 2.19. The summed E-state index contributed by atoms with van der Waals surface area (Å²) in [5, 5.41) is 10.4. The van der Waals surface area contributed by atoms with Crippen LogP contribution in [0.2, 0.25) is 5.02 Å². The van der Waals surface area contributed by atoms with Crippen LogP contribution in [-0.2, 0) is 0 Å². The summed E-state index contributed by atoms with van der Waals surface area (Å²) >= 11 is 5.96. The van der Waals surface area contributed by atoms with Crippen LogP contribution in [0.25, 0.3) is 22.2 Å². The first-order valence-electron chi connectivity index (χ1n) is 5.41. The zero-order valence-electron chi connectivity index (χ0n) is 9.31. The van der Waals surface area contributed by atoms with Crippen LogP contribution in [0, 0.1) is 11.3 Å². The van der Waals surface area contributed by atoms with Crippen molar-refractivity contribution >= 4 is 22.6 Å². The van der Waals surface area contributed by atoms with E-state index < -0.39 is 0 Å². The molecule has 0 saturated carbocycles. The van der Waals surface area contributed by atoms with Gasteiger partial charge in [-0.3, -0.25) is 0 Å². The number of rotatable bonds is 1. The molecule has 18 heavy (non-hydrogen) atoms. The molecule has 3 rings (SSSR count). The summed E-state index contributed by atoms with van der Waals surface area (Å²) in [5.74, 6) is 0. The van der Waals surface area contributed by atoms with E-state index in [1.54, 1.807) is 18.3 Å². The molecule has 0 aliphatic heterocycles. The van der Waals surface area contributed by atoms with E-state index in [-0.39, 0.29) is 0 Å². The third-order valence-corrected chi connectivity index (χ3v) is 3.03. The molecular formula is C14H8ClN3. The quantitative estimate of drug-likeness (QED) is 0.718. The average molecular weight is 254 g/mol. The molecule has 1 aromatic carbocycles. The largest absolute Gasteiger partial charge is 0.346 e. The third kappa shape index (κ3) is 1.73. The minimum atomic E-state index is 0.608. The van der Waals surface area contributed by atoms with Gasteiger partial charge < -0.3 is 4.98 Å². The lowest BCUT2D eigenvalue weighted by atomic mass is 10.0. The van der Waals surface area contributed by atoms with Crippen LogP contribution < -0.4 is 0 Å². The fourth-order valence-electron chi connectivity index (χ4n) is 1.94. The highest BCUT2D eigenvalue weighted by Gasteiger charge is 2.07. The second-order valence-corrected chi connectivity index (χ2v) is 4.38. The SMILES string of the molecule is N#Cc1ccc(-c2c[nH]c3ncc(Cl)cc23)cc1. The van der Waals surface area contributed by atoms with E-state index in [1.807, 2.05) is 24.4 Å². The minimum absolute atomic E-state index is 0.608. The van der Waals surface area contributed by atoms with Gasteiger partial charge in [-0.25, -0.2) is 4.98 Å². The number of hydrogen-bond acceptors (Lipinski definition) is 2. The van der Waals surface area contributed by atoms with Crippen LogP contribution in [0.1, 0.15) is 5.56 Å². The number of pyridine rings is 1. The van der Waals surface area contributed by atoms with Crippen LogP contribution in [0.15, 0.2) is 42.7 Å². The van der Waals surface area contributed by atoms with Crippen molar-refractivity contribution in [2.75, 3.05) is 0 Å². The molecule has 1 N–H and O–H groups in total. The summed E-state index contributed by atoms with van der Waals surface area (Å²) in [5.41, 5.74) is 3.52. The molecule has 0 saturated heterocycles. The van der Waals surface area contributed by atoms with Crippen molar-refractivity contribution in [3.05, 3.63) is 53.3 Å². The number of nitrogens with one attached hydrogen (secondary N) is 1. The second kappa shape index (κ2) is 4.17. The maximum Gasteiger partial charge on any atom is 0.137 e. The van der Waals surface area contributed by atoms with E-state index in [0.29, 0.717) is 10.6 Å². The Hall–Kier alpha value is -2.31. The molecule has 0 bridgehead atoms. The molecule has 3 aromatic rings. The summed E-state index contributed by atoms with van der Waals surface area (Å²) in [7, 11) is 0. The Morgan fingerprint density at radius 2 is 2.00 bits per heavy atom. The minimum Gasteiger partial charge on any atom is -0.346 e. The molecule has 0 fully saturated rings. The number of aromatic nitrogens is 2. The molecule has 2 heterocycles. The first-order chi connectivity index (χ1) is 8.78. The van der Waals surface area contributed by atoms with Gasteiger partial charge in [0.25, 0.3) is 0 Å². The highest BCUT2D eigenvalue weighted by molar-refractivity contribution is 6.31. The lowest BCUT2D eigenvalue weighted by Crippen LogP contribution is -1.79. The number of H-pyrrole nitrogens is 1. The Labute approximate surface area is 109 Å². The van der Waals surface area contributed by atoms with Gasteiger partial charge in [-0.05, 0) is 23.8 Å². The van der Waals surface area contributed by atoms with Crippen molar-refractivity contribution in [1.82, 2.24) is 9.97 Å². The Kier molecular flexibility index (Phi) is 2.51. The predicted octanol–water partition coefficient (Wildman–Crippen LogP) is 3.75. The Morgan fingerprint density at radius 3 is 2.72 bits per heavy atom. The number of halogens is 1. The van der Waals surface area contributed by atoms with Crippen molar-refractivity contribution in [2.24, 2.45) is 0 Å². The summed E-state index contributed by atoms with van der Waals surface area (Å²) in [6.45, 7) is 0. The summed E-state index contributed by atoms with van der Waals surface area (Å²) in [6, 6.07) is 11.4. The van der Waals surface area contributed by atoms with Gasteiger partial charge in [0, 0.05) is 23.3 Å². The number of aromatic amines is 1. The van der Waals surface area contributed by atoms with E-state index in [9.17, 15) is 0 Å². The number of nitrogens with zero attached hydrogens (tertiary/aromatic N) is 2. The van der Waals surface area contributed by atoms with Crippen molar-refractivity contribution < 1.29 is 0 Å². The molecule has 0 atom stereocenters. The summed E-state index contributed by atoms with van der Waals surface area (Å²) in [4.78, 5) is 7.33. The van der Waals surface area contributed by atoms with Crippen molar-refractivity contribution in [2.45, 2.75) is 0 Å².